The molecule has 108 valence electrons. The second-order valence-electron chi connectivity index (χ2n) is 6.04. The molecule has 0 saturated carbocycles. The minimum atomic E-state index is -0.259. The van der Waals surface area contributed by atoms with Crippen molar-refractivity contribution in [3.05, 3.63) is 34.9 Å². The highest BCUT2D eigenvalue weighted by Gasteiger charge is 2.38. The topological polar surface area (TPSA) is 50.4 Å². The van der Waals surface area contributed by atoms with E-state index in [4.69, 9.17) is 4.74 Å². The molecule has 4 nitrogen and oxygen atoms in total. The van der Waals surface area contributed by atoms with Gasteiger partial charge in [-0.15, -0.1) is 0 Å². The zero-order chi connectivity index (χ0) is 14.2. The van der Waals surface area contributed by atoms with E-state index in [1.807, 2.05) is 19.1 Å². The van der Waals surface area contributed by atoms with Crippen LogP contribution < -0.4 is 10.6 Å². The predicted molar refractivity (Wildman–Crippen MR) is 77.8 cm³/mol. The minimum Gasteiger partial charge on any atom is -0.376 e. The summed E-state index contributed by atoms with van der Waals surface area (Å²) in [6.45, 7) is 6.66. The van der Waals surface area contributed by atoms with Gasteiger partial charge >= 0.3 is 0 Å². The van der Waals surface area contributed by atoms with E-state index >= 15 is 0 Å². The lowest BCUT2D eigenvalue weighted by Crippen LogP contribution is -2.50. The van der Waals surface area contributed by atoms with Crippen LogP contribution in [0, 0.1) is 0 Å². The van der Waals surface area contributed by atoms with Gasteiger partial charge in [-0.25, -0.2) is 0 Å². The van der Waals surface area contributed by atoms with Gasteiger partial charge in [-0.3, -0.25) is 4.79 Å². The van der Waals surface area contributed by atoms with Crippen molar-refractivity contribution in [2.75, 3.05) is 13.2 Å². The maximum Gasteiger partial charge on any atom is 0.251 e. The van der Waals surface area contributed by atoms with Crippen LogP contribution in [-0.2, 0) is 17.7 Å². The third kappa shape index (κ3) is 2.45. The fourth-order valence-electron chi connectivity index (χ4n) is 2.95. The molecular formula is C16H22N2O2. The van der Waals surface area contributed by atoms with Gasteiger partial charge in [0, 0.05) is 18.7 Å². The molecule has 3 rings (SSSR count). The van der Waals surface area contributed by atoms with Crippen molar-refractivity contribution in [3.8, 4) is 0 Å². The first kappa shape index (κ1) is 13.6. The predicted octanol–water partition coefficient (Wildman–Crippen LogP) is 1.63. The number of ether oxygens (including phenoxy) is 1. The maximum absolute atomic E-state index is 12.5. The number of benzene rings is 1. The molecule has 2 aliphatic heterocycles. The zero-order valence-electron chi connectivity index (χ0n) is 12.2. The summed E-state index contributed by atoms with van der Waals surface area (Å²) in [5, 5.41) is 6.49. The van der Waals surface area contributed by atoms with Crippen molar-refractivity contribution in [1.29, 1.82) is 0 Å². The highest BCUT2D eigenvalue weighted by atomic mass is 16.5. The molecule has 1 amide bonds. The molecule has 0 bridgehead atoms. The first-order valence-corrected chi connectivity index (χ1v) is 7.35. The first-order valence-electron chi connectivity index (χ1n) is 7.35. The van der Waals surface area contributed by atoms with Crippen LogP contribution in [0.1, 0.15) is 41.8 Å². The lowest BCUT2D eigenvalue weighted by molar-refractivity contribution is 0.0727. The van der Waals surface area contributed by atoms with Gasteiger partial charge in [0.05, 0.1) is 11.6 Å². The zero-order valence-corrected chi connectivity index (χ0v) is 12.2. The van der Waals surface area contributed by atoms with Crippen LogP contribution in [0.25, 0.3) is 0 Å². The van der Waals surface area contributed by atoms with Crippen molar-refractivity contribution >= 4 is 5.91 Å². The molecule has 4 heteroatoms. The van der Waals surface area contributed by atoms with Crippen LogP contribution >= 0.6 is 0 Å². The highest BCUT2D eigenvalue weighted by Crippen LogP contribution is 2.26. The fourth-order valence-corrected chi connectivity index (χ4v) is 2.95. The average Bonchev–Trinajstić information content (AvgIpc) is 2.77. The summed E-state index contributed by atoms with van der Waals surface area (Å²) in [7, 11) is 0. The van der Waals surface area contributed by atoms with Crippen LogP contribution in [0.2, 0.25) is 0 Å². The molecule has 2 heterocycles. The lowest BCUT2D eigenvalue weighted by Gasteiger charge is -2.29. The molecule has 2 N–H and O–H groups in total. The molecule has 1 fully saturated rings. The van der Waals surface area contributed by atoms with Crippen LogP contribution in [-0.4, -0.2) is 30.7 Å². The molecule has 0 radical (unpaired) electrons. The number of nitrogens with one attached hydrogen (secondary N) is 2. The first-order chi connectivity index (χ1) is 9.58. The summed E-state index contributed by atoms with van der Waals surface area (Å²) >= 11 is 0. The monoisotopic (exact) mass is 274 g/mol. The Morgan fingerprint density at radius 1 is 1.45 bits per heavy atom. The second-order valence-corrected chi connectivity index (χ2v) is 6.04. The number of hydrogen-bond donors (Lipinski definition) is 2. The summed E-state index contributed by atoms with van der Waals surface area (Å²) in [5.41, 5.74) is 3.08. The number of amides is 1. The van der Waals surface area contributed by atoms with Gasteiger partial charge in [-0.1, -0.05) is 6.07 Å². The largest absolute Gasteiger partial charge is 0.376 e. The van der Waals surface area contributed by atoms with Crippen LogP contribution in [0.5, 0.6) is 0 Å². The van der Waals surface area contributed by atoms with Crippen LogP contribution in [0.3, 0.4) is 0 Å². The Morgan fingerprint density at radius 2 is 2.30 bits per heavy atom. The van der Waals surface area contributed by atoms with Gasteiger partial charge in [0.15, 0.2) is 0 Å². The molecule has 2 atom stereocenters. The Hall–Kier alpha value is -1.39. The van der Waals surface area contributed by atoms with Crippen molar-refractivity contribution in [2.24, 2.45) is 0 Å². The molecule has 1 aromatic rings. The summed E-state index contributed by atoms with van der Waals surface area (Å²) < 4.78 is 5.57. The number of hydrogen-bond acceptors (Lipinski definition) is 3. The standard InChI is InChI=1S/C16H22N2O2/c1-11-16(2,6-8-20-11)18-15(19)13-4-3-12-5-7-17-10-14(12)9-13/h3-4,9,11,17H,5-8,10H2,1-2H3,(H,18,19). The normalized spacial score (nSPS) is 29.0. The second kappa shape index (κ2) is 5.19. The van der Waals surface area contributed by atoms with Crippen molar-refractivity contribution < 1.29 is 9.53 Å². The molecule has 1 aromatic carbocycles. The van der Waals surface area contributed by atoms with E-state index < -0.39 is 0 Å². The van der Waals surface area contributed by atoms with Crippen molar-refractivity contribution in [3.63, 3.8) is 0 Å². The maximum atomic E-state index is 12.5. The SMILES string of the molecule is CC1OCCC1(C)NC(=O)c1ccc2c(c1)CNCC2. The number of carbonyl (C=O) groups is 1. The Morgan fingerprint density at radius 3 is 3.05 bits per heavy atom. The van der Waals surface area contributed by atoms with E-state index in [1.54, 1.807) is 0 Å². The van der Waals surface area contributed by atoms with E-state index in [2.05, 4.69) is 23.6 Å². The molecule has 2 unspecified atom stereocenters. The van der Waals surface area contributed by atoms with E-state index in [0.29, 0.717) is 6.61 Å². The molecular weight excluding hydrogens is 252 g/mol. The van der Waals surface area contributed by atoms with E-state index in [1.165, 1.54) is 11.1 Å². The fraction of sp³-hybridized carbons (Fsp3) is 0.562. The average molecular weight is 274 g/mol. The van der Waals surface area contributed by atoms with Crippen LogP contribution in [0.4, 0.5) is 0 Å². The highest BCUT2D eigenvalue weighted by molar-refractivity contribution is 5.95. The van der Waals surface area contributed by atoms with Gasteiger partial charge in [-0.2, -0.15) is 0 Å². The number of fused-ring (bicyclic) bond motifs is 1. The molecule has 1 saturated heterocycles. The molecule has 0 aromatic heterocycles. The molecule has 0 aliphatic carbocycles. The van der Waals surface area contributed by atoms with Crippen molar-refractivity contribution in [2.45, 2.75) is 44.9 Å². The lowest BCUT2D eigenvalue weighted by atomic mass is 9.93. The van der Waals surface area contributed by atoms with Gasteiger partial charge in [0.2, 0.25) is 0 Å². The smallest absolute Gasteiger partial charge is 0.251 e. The third-order valence-electron chi connectivity index (χ3n) is 4.64. The summed E-state index contributed by atoms with van der Waals surface area (Å²) in [4.78, 5) is 12.5. The number of carbonyl (C=O) groups excluding carboxylic acids is 1. The summed E-state index contributed by atoms with van der Waals surface area (Å²) in [6.07, 6.45) is 1.97. The molecule has 20 heavy (non-hydrogen) atoms. The van der Waals surface area contributed by atoms with Crippen molar-refractivity contribution in [1.82, 2.24) is 10.6 Å². The quantitative estimate of drug-likeness (QED) is 0.862. The Labute approximate surface area is 119 Å². The molecule has 0 spiro atoms. The Balaban J connectivity index is 1.77. The summed E-state index contributed by atoms with van der Waals surface area (Å²) in [6, 6.07) is 6.03. The van der Waals surface area contributed by atoms with E-state index in [0.717, 1.165) is 31.5 Å². The van der Waals surface area contributed by atoms with Gasteiger partial charge in [0.25, 0.3) is 5.91 Å². The Bertz CT molecular complexity index is 529. The van der Waals surface area contributed by atoms with E-state index in [9.17, 15) is 4.79 Å². The van der Waals surface area contributed by atoms with Crippen LogP contribution in [0.15, 0.2) is 18.2 Å². The Kier molecular flexibility index (Phi) is 3.52. The molecule has 2 aliphatic rings. The van der Waals surface area contributed by atoms with Gasteiger partial charge in [0.1, 0.15) is 0 Å². The van der Waals surface area contributed by atoms with E-state index in [-0.39, 0.29) is 17.6 Å². The number of rotatable bonds is 2. The van der Waals surface area contributed by atoms with Gasteiger partial charge < -0.3 is 15.4 Å². The van der Waals surface area contributed by atoms with Gasteiger partial charge in [-0.05, 0) is 56.5 Å². The summed E-state index contributed by atoms with van der Waals surface area (Å²) in [5.74, 6) is -0.00164. The minimum absolute atomic E-state index is 0.00164. The third-order valence-corrected chi connectivity index (χ3v) is 4.64.